The van der Waals surface area contributed by atoms with E-state index in [1.54, 1.807) is 32.7 Å². The summed E-state index contributed by atoms with van der Waals surface area (Å²) >= 11 is 1.72. The van der Waals surface area contributed by atoms with E-state index in [9.17, 15) is 9.90 Å². The smallest absolute Gasteiger partial charge is 0.307 e. The van der Waals surface area contributed by atoms with Crippen LogP contribution in [-0.2, 0) is 4.79 Å². The first-order valence-electron chi connectivity index (χ1n) is 9.32. The molecule has 0 aliphatic carbocycles. The Bertz CT molecular complexity index is 834. The molecular formula is C21H27NO5S. The molecule has 1 aromatic carbocycles. The minimum atomic E-state index is -0.731. The number of carboxylic acid groups (broad SMARTS) is 1. The summed E-state index contributed by atoms with van der Waals surface area (Å²) in [6.45, 7) is 3.42. The van der Waals surface area contributed by atoms with E-state index in [-0.39, 0.29) is 12.0 Å². The van der Waals surface area contributed by atoms with Gasteiger partial charge in [0.15, 0.2) is 11.5 Å². The van der Waals surface area contributed by atoms with E-state index >= 15 is 0 Å². The van der Waals surface area contributed by atoms with Gasteiger partial charge in [0.25, 0.3) is 0 Å². The Labute approximate surface area is 169 Å². The van der Waals surface area contributed by atoms with E-state index in [1.807, 2.05) is 12.1 Å². The average molecular weight is 406 g/mol. The van der Waals surface area contributed by atoms with Gasteiger partial charge in [-0.1, -0.05) is 0 Å². The maximum absolute atomic E-state index is 11.6. The third-order valence-electron chi connectivity index (χ3n) is 5.23. The van der Waals surface area contributed by atoms with Crippen LogP contribution >= 0.6 is 11.3 Å². The Balaban J connectivity index is 2.11. The van der Waals surface area contributed by atoms with Crippen LogP contribution < -0.4 is 14.2 Å². The molecule has 6 nitrogen and oxygen atoms in total. The van der Waals surface area contributed by atoms with Crippen molar-refractivity contribution in [3.63, 3.8) is 0 Å². The van der Waals surface area contributed by atoms with E-state index in [2.05, 4.69) is 24.0 Å². The highest BCUT2D eigenvalue weighted by atomic mass is 32.1. The topological polar surface area (TPSA) is 68.2 Å². The molecule has 2 atom stereocenters. The monoisotopic (exact) mass is 405 g/mol. The molecule has 0 bridgehead atoms. The molecule has 2 unspecified atom stereocenters. The molecule has 7 heteroatoms. The predicted molar refractivity (Wildman–Crippen MR) is 109 cm³/mol. The molecule has 2 heterocycles. The van der Waals surface area contributed by atoms with Crippen LogP contribution in [-0.4, -0.2) is 50.4 Å². The van der Waals surface area contributed by atoms with Crippen LogP contribution in [0.1, 0.15) is 34.2 Å². The lowest BCUT2D eigenvalue weighted by atomic mass is 9.93. The van der Waals surface area contributed by atoms with Gasteiger partial charge in [-0.25, -0.2) is 0 Å². The Morgan fingerprint density at radius 2 is 1.89 bits per heavy atom. The summed E-state index contributed by atoms with van der Waals surface area (Å²) in [4.78, 5) is 16.2. The highest BCUT2D eigenvalue weighted by molar-refractivity contribution is 7.12. The van der Waals surface area contributed by atoms with E-state index < -0.39 is 5.97 Å². The molecule has 28 heavy (non-hydrogen) atoms. The maximum atomic E-state index is 11.6. The van der Waals surface area contributed by atoms with Crippen molar-refractivity contribution in [3.05, 3.63) is 39.6 Å². The quantitative estimate of drug-likeness (QED) is 0.752. The summed E-state index contributed by atoms with van der Waals surface area (Å²) < 4.78 is 16.7. The third-order valence-corrected chi connectivity index (χ3v) is 6.28. The zero-order chi connectivity index (χ0) is 20.3. The second-order valence-electron chi connectivity index (χ2n) is 6.95. The second-order valence-corrected chi connectivity index (χ2v) is 8.27. The van der Waals surface area contributed by atoms with Gasteiger partial charge in [-0.15, -0.1) is 11.3 Å². The molecule has 1 saturated heterocycles. The van der Waals surface area contributed by atoms with Gasteiger partial charge in [0.2, 0.25) is 5.75 Å². The van der Waals surface area contributed by atoms with Crippen LogP contribution in [0.3, 0.4) is 0 Å². The van der Waals surface area contributed by atoms with Gasteiger partial charge < -0.3 is 19.3 Å². The average Bonchev–Trinajstić information content (AvgIpc) is 3.13. The summed E-state index contributed by atoms with van der Waals surface area (Å²) in [5.41, 5.74) is 0.952. The number of likely N-dealkylation sites (tertiary alicyclic amines) is 1. The molecule has 1 fully saturated rings. The van der Waals surface area contributed by atoms with E-state index in [0.29, 0.717) is 30.2 Å². The normalized spacial score (nSPS) is 18.5. The molecule has 0 amide bonds. The number of methoxy groups -OCH3 is 3. The molecule has 0 radical (unpaired) electrons. The number of nitrogens with zero attached hydrogens (tertiary/aromatic N) is 1. The van der Waals surface area contributed by atoms with Gasteiger partial charge >= 0.3 is 5.97 Å². The number of carbonyl (C=O) groups is 1. The number of aryl methyl sites for hydroxylation is 1. The van der Waals surface area contributed by atoms with Crippen molar-refractivity contribution in [1.29, 1.82) is 0 Å². The Morgan fingerprint density at radius 3 is 2.46 bits per heavy atom. The molecule has 1 aromatic heterocycles. The fourth-order valence-electron chi connectivity index (χ4n) is 3.91. The lowest BCUT2D eigenvalue weighted by molar-refractivity contribution is -0.143. The fourth-order valence-corrected chi connectivity index (χ4v) is 4.94. The van der Waals surface area contributed by atoms with Crippen molar-refractivity contribution in [2.75, 3.05) is 34.4 Å². The Kier molecular flexibility index (Phi) is 6.46. The first-order valence-corrected chi connectivity index (χ1v) is 10.1. The number of aliphatic carboxylic acids is 1. The number of carboxylic acids is 1. The molecular weight excluding hydrogens is 378 g/mol. The van der Waals surface area contributed by atoms with Crippen molar-refractivity contribution in [2.45, 2.75) is 25.8 Å². The molecule has 1 N–H and O–H groups in total. The molecule has 152 valence electrons. The molecule has 0 spiro atoms. The zero-order valence-electron chi connectivity index (χ0n) is 16.7. The summed E-state index contributed by atoms with van der Waals surface area (Å²) in [5.74, 6) is 0.683. The molecule has 3 rings (SSSR count). The molecule has 2 aromatic rings. The van der Waals surface area contributed by atoms with Crippen LogP contribution in [0.15, 0.2) is 24.3 Å². The summed E-state index contributed by atoms with van der Waals surface area (Å²) in [7, 11) is 4.81. The van der Waals surface area contributed by atoms with Crippen LogP contribution in [0, 0.1) is 12.8 Å². The van der Waals surface area contributed by atoms with Crippen molar-refractivity contribution < 1.29 is 24.1 Å². The molecule has 1 aliphatic rings. The number of hydrogen-bond acceptors (Lipinski definition) is 6. The summed E-state index contributed by atoms with van der Waals surface area (Å²) in [6, 6.07) is 7.98. The minimum Gasteiger partial charge on any atom is -0.493 e. The van der Waals surface area contributed by atoms with Gasteiger partial charge in [0.05, 0.1) is 33.3 Å². The predicted octanol–water partition coefficient (Wildman–Crippen LogP) is 3.97. The van der Waals surface area contributed by atoms with E-state index in [1.165, 1.54) is 4.88 Å². The number of hydrogen-bond donors (Lipinski definition) is 1. The van der Waals surface area contributed by atoms with E-state index in [4.69, 9.17) is 14.2 Å². The van der Waals surface area contributed by atoms with Crippen LogP contribution in [0.2, 0.25) is 0 Å². The lowest BCUT2D eigenvalue weighted by Crippen LogP contribution is -2.41. The Hall–Kier alpha value is -2.25. The maximum Gasteiger partial charge on any atom is 0.307 e. The fraction of sp³-hybridized carbons (Fsp3) is 0.476. The highest BCUT2D eigenvalue weighted by Crippen LogP contribution is 2.46. The van der Waals surface area contributed by atoms with Crippen molar-refractivity contribution in [2.24, 2.45) is 5.92 Å². The number of piperidine rings is 1. The molecule has 1 aliphatic heterocycles. The van der Waals surface area contributed by atoms with Crippen LogP contribution in [0.5, 0.6) is 17.2 Å². The van der Waals surface area contributed by atoms with Crippen molar-refractivity contribution in [1.82, 2.24) is 4.90 Å². The summed E-state index contributed by atoms with van der Waals surface area (Å²) in [6.07, 6.45) is 1.57. The zero-order valence-corrected chi connectivity index (χ0v) is 17.5. The summed E-state index contributed by atoms with van der Waals surface area (Å²) in [5, 5.41) is 9.55. The SMILES string of the molecule is COc1ccc(C(c2ccc(C)s2)N2CCCC(C(=O)O)C2)c(OC)c1OC. The lowest BCUT2D eigenvalue weighted by Gasteiger charge is -2.37. The second kappa shape index (κ2) is 8.84. The van der Waals surface area contributed by atoms with Gasteiger partial charge in [0.1, 0.15) is 0 Å². The van der Waals surface area contributed by atoms with Gasteiger partial charge in [0, 0.05) is 21.9 Å². The van der Waals surface area contributed by atoms with Crippen molar-refractivity contribution in [3.8, 4) is 17.2 Å². The number of benzene rings is 1. The first kappa shape index (κ1) is 20.5. The Morgan fingerprint density at radius 1 is 1.14 bits per heavy atom. The largest absolute Gasteiger partial charge is 0.493 e. The van der Waals surface area contributed by atoms with Crippen LogP contribution in [0.4, 0.5) is 0 Å². The minimum absolute atomic E-state index is 0.101. The van der Waals surface area contributed by atoms with E-state index in [0.717, 1.165) is 23.4 Å². The number of ether oxygens (including phenoxy) is 3. The van der Waals surface area contributed by atoms with Crippen LogP contribution in [0.25, 0.3) is 0 Å². The number of rotatable bonds is 7. The number of thiophene rings is 1. The van der Waals surface area contributed by atoms with Gasteiger partial charge in [-0.05, 0) is 50.6 Å². The highest BCUT2D eigenvalue weighted by Gasteiger charge is 2.34. The molecule has 0 saturated carbocycles. The first-order chi connectivity index (χ1) is 13.5. The van der Waals surface area contributed by atoms with Gasteiger partial charge in [-0.2, -0.15) is 0 Å². The van der Waals surface area contributed by atoms with Crippen molar-refractivity contribution >= 4 is 17.3 Å². The standard InChI is InChI=1S/C21H27NO5S/c1-13-7-10-17(28-13)18(22-11-5-6-14(12-22)21(23)24)15-8-9-16(25-2)20(27-4)19(15)26-3/h7-10,14,18H,5-6,11-12H2,1-4H3,(H,23,24). The third kappa shape index (κ3) is 3.95. The van der Waals surface area contributed by atoms with Gasteiger partial charge in [-0.3, -0.25) is 9.69 Å².